The number of halogens is 20. The summed E-state index contributed by atoms with van der Waals surface area (Å²) in [5.41, 5.74) is -11.2. The molecular weight excluding hydrogens is 861 g/mol. The highest BCUT2D eigenvalue weighted by atomic mass is 32.1. The highest BCUT2D eigenvalue weighted by Crippen LogP contribution is 2.30. The minimum Gasteiger partial charge on any atom is -0.267 e. The van der Waals surface area contributed by atoms with E-state index >= 15 is 35.1 Å². The molecule has 1 aromatic heterocycles. The Labute approximate surface area is 313 Å². The average molecular weight is 873 g/mol. The fourth-order valence-corrected chi connectivity index (χ4v) is 6.89. The van der Waals surface area contributed by atoms with Gasteiger partial charge in [0.25, 0.3) is 11.0 Å². The maximum absolute atomic E-state index is 15.4. The molecule has 1 heterocycles. The Morgan fingerprint density at radius 1 is 0.397 bits per heavy atom. The molecule has 308 valence electrons. The summed E-state index contributed by atoms with van der Waals surface area (Å²) in [6.45, 7) is 4.05. The van der Waals surface area contributed by atoms with Crippen LogP contribution in [0, 0.1) is 116 Å². The number of hydrogen-bond acceptors (Lipinski definition) is 2. The van der Waals surface area contributed by atoms with Crippen molar-refractivity contribution in [3.05, 3.63) is 146 Å². The first kappa shape index (κ1) is 43.6. The van der Waals surface area contributed by atoms with Crippen molar-refractivity contribution in [2.45, 2.75) is 20.0 Å². The normalized spacial score (nSPS) is 11.8. The number of hydrogen-bond donors (Lipinski definition) is 0. The molecule has 0 aliphatic heterocycles. The van der Waals surface area contributed by atoms with Crippen molar-refractivity contribution < 1.29 is 97.4 Å². The lowest BCUT2D eigenvalue weighted by Gasteiger charge is -2.44. The summed E-state index contributed by atoms with van der Waals surface area (Å²) in [6, 6.07) is 8.22. The van der Waals surface area contributed by atoms with Gasteiger partial charge in [-0.05, 0) is 19.9 Å². The summed E-state index contributed by atoms with van der Waals surface area (Å²) in [5.74, 6) is -71.4. The third-order valence-electron chi connectivity index (χ3n) is 8.41. The van der Waals surface area contributed by atoms with E-state index in [1.165, 1.54) is 4.70 Å². The zero-order valence-corrected chi connectivity index (χ0v) is 28.7. The van der Waals surface area contributed by atoms with Gasteiger partial charge >= 0.3 is 0 Å². The van der Waals surface area contributed by atoms with Crippen molar-refractivity contribution in [3.63, 3.8) is 0 Å². The zero-order valence-electron chi connectivity index (χ0n) is 27.9. The number of rotatable bonds is 6. The van der Waals surface area contributed by atoms with E-state index < -0.39 is 144 Å². The Kier molecular flexibility index (Phi) is 11.8. The topological polar surface area (TPSA) is 13.1 Å². The predicted octanol–water partition coefficient (Wildman–Crippen LogP) is 7.87. The van der Waals surface area contributed by atoms with Gasteiger partial charge in [0.05, 0.1) is 0 Å². The van der Waals surface area contributed by atoms with Crippen LogP contribution in [0.1, 0.15) is 13.8 Å². The Morgan fingerprint density at radius 2 is 0.638 bits per heavy atom. The van der Waals surface area contributed by atoms with Crippen molar-refractivity contribution in [2.24, 2.45) is 0 Å². The van der Waals surface area contributed by atoms with Crippen LogP contribution >= 0.6 is 11.3 Å². The third kappa shape index (κ3) is 6.44. The van der Waals surface area contributed by atoms with Crippen molar-refractivity contribution in [1.29, 1.82) is 0 Å². The van der Waals surface area contributed by atoms with Gasteiger partial charge in [-0.3, -0.25) is 4.84 Å². The van der Waals surface area contributed by atoms with Gasteiger partial charge in [0.15, 0.2) is 75.9 Å². The molecule has 0 bridgehead atoms. The largest absolute Gasteiger partial charge is 0.278 e. The fraction of sp³-hybridized carbons (Fsp3) is 0.0882. The third-order valence-corrected chi connectivity index (χ3v) is 9.31. The number of para-hydroxylation sites is 1. The van der Waals surface area contributed by atoms with E-state index in [0.29, 0.717) is 0 Å². The van der Waals surface area contributed by atoms with Gasteiger partial charge in [-0.1, -0.05) is 23.5 Å². The molecule has 2 nitrogen and oxygen atoms in total. The summed E-state index contributed by atoms with van der Waals surface area (Å²) in [7, 11) is 0. The summed E-state index contributed by atoms with van der Waals surface area (Å²) >= 11 is 1.69. The van der Waals surface area contributed by atoms with Crippen LogP contribution in [0.2, 0.25) is 0 Å². The molecule has 0 aliphatic carbocycles. The number of thiazole rings is 1. The van der Waals surface area contributed by atoms with E-state index in [0.717, 1.165) is 5.52 Å². The van der Waals surface area contributed by atoms with Crippen LogP contribution in [0.25, 0.3) is 10.2 Å². The van der Waals surface area contributed by atoms with Gasteiger partial charge in [-0.2, -0.15) is 0 Å². The average Bonchev–Trinajstić information content (AvgIpc) is 3.59. The molecule has 0 saturated heterocycles. The molecule has 0 unspecified atom stereocenters. The Bertz CT molecular complexity index is 2270. The van der Waals surface area contributed by atoms with E-state index in [1.807, 2.05) is 36.2 Å². The summed E-state index contributed by atoms with van der Waals surface area (Å²) in [4.78, 5) is 5.59. The molecule has 0 saturated carbocycles. The number of fused-ring (bicyclic) bond motifs is 1. The molecule has 5 aromatic carbocycles. The maximum Gasteiger partial charge on any atom is 0.278 e. The monoisotopic (exact) mass is 873 g/mol. The summed E-state index contributed by atoms with van der Waals surface area (Å²) in [5, 5.41) is 0. The van der Waals surface area contributed by atoms with E-state index in [-0.39, 0.29) is 6.10 Å². The maximum atomic E-state index is 15.4. The second-order valence-corrected chi connectivity index (χ2v) is 12.9. The highest BCUT2D eigenvalue weighted by molar-refractivity contribution is 7.20. The van der Waals surface area contributed by atoms with Gasteiger partial charge in [0.1, 0.15) is 57.4 Å². The molecule has 0 spiro atoms. The molecule has 0 N–H and O–H groups in total. The second-order valence-electron chi connectivity index (χ2n) is 12.0. The molecule has 0 fully saturated rings. The Hall–Kier alpha value is -5.55. The molecule has 0 amide bonds. The van der Waals surface area contributed by atoms with Crippen LogP contribution in [-0.2, 0) is 0 Å². The minimum absolute atomic E-state index is 0.211. The van der Waals surface area contributed by atoms with E-state index in [4.69, 9.17) is 4.84 Å². The lowest BCUT2D eigenvalue weighted by Crippen LogP contribution is -2.81. The highest BCUT2D eigenvalue weighted by Gasteiger charge is 2.52. The van der Waals surface area contributed by atoms with Crippen LogP contribution < -0.4 is 31.4 Å². The Morgan fingerprint density at radius 3 is 0.897 bits per heavy atom. The van der Waals surface area contributed by atoms with E-state index in [9.17, 15) is 52.7 Å². The predicted molar refractivity (Wildman–Crippen MR) is 163 cm³/mol. The molecule has 6 rings (SSSR count). The van der Waals surface area contributed by atoms with Crippen molar-refractivity contribution in [3.8, 4) is 0 Å². The first-order valence-electron chi connectivity index (χ1n) is 15.3. The van der Waals surface area contributed by atoms with Crippen LogP contribution in [0.5, 0.6) is 0 Å². The van der Waals surface area contributed by atoms with E-state index in [1.54, 1.807) is 11.3 Å². The van der Waals surface area contributed by atoms with Crippen LogP contribution in [0.15, 0.2) is 29.8 Å². The van der Waals surface area contributed by atoms with Crippen LogP contribution in [-0.4, -0.2) is 12.2 Å². The molecule has 58 heavy (non-hydrogen) atoms. The second kappa shape index (κ2) is 15.7. The summed E-state index contributed by atoms with van der Waals surface area (Å²) in [6.07, 6.45) is -7.01. The number of nitrogens with zero attached hydrogens (tertiary/aromatic N) is 1. The zero-order chi connectivity index (χ0) is 43.6. The van der Waals surface area contributed by atoms with Crippen molar-refractivity contribution in [1.82, 2.24) is 0 Å². The standard InChI is InChI=1S/C24BF20.C10H12NOS/c26-5-1(6(27)14(35)21(42)13(5)34)25(2-7(28)15(36)22(43)16(37)8(2)29,3-9(30)17(38)23(44)18(39)10(3)31)4-11(32)19(40)24(45)20(41)12(4)33;1-8(2)12-11-7-13-10-6-4-3-5-9(10)11/h;3-8H,1-2H3/q-1;+1. The molecule has 0 atom stereocenters. The molecule has 0 radical (unpaired) electrons. The van der Waals surface area contributed by atoms with Gasteiger partial charge < -0.3 is 0 Å². The van der Waals surface area contributed by atoms with Gasteiger partial charge in [0, 0.05) is 10.8 Å². The molecule has 24 heteroatoms. The van der Waals surface area contributed by atoms with Crippen LogP contribution in [0.3, 0.4) is 0 Å². The van der Waals surface area contributed by atoms with Gasteiger partial charge in [-0.15, -0.1) is 21.9 Å². The minimum atomic E-state index is -7.22. The Balaban J connectivity index is 0.000000414. The van der Waals surface area contributed by atoms with Crippen molar-refractivity contribution >= 4 is 49.6 Å². The smallest absolute Gasteiger partial charge is 0.267 e. The van der Waals surface area contributed by atoms with E-state index in [2.05, 4.69) is 12.1 Å². The lowest BCUT2D eigenvalue weighted by atomic mass is 9.12. The summed E-state index contributed by atoms with van der Waals surface area (Å²) < 4.78 is 297. The molecule has 6 aromatic rings. The number of aromatic nitrogens is 1. The van der Waals surface area contributed by atoms with Crippen molar-refractivity contribution in [2.75, 3.05) is 0 Å². The fourth-order valence-electron chi connectivity index (χ4n) is 6.08. The van der Waals surface area contributed by atoms with Gasteiger partial charge in [0.2, 0.25) is 0 Å². The SMILES string of the molecule is CC(C)O[n+]1csc2ccccc21.Fc1c(F)c(F)c([B-](c2c(F)c(F)c(F)c(F)c2F)(c2c(F)c(F)c(F)c(F)c2F)c2c(F)c(F)c(F)c(F)c2F)c(F)c1F. The first-order chi connectivity index (χ1) is 27.0. The number of benzene rings is 5. The van der Waals surface area contributed by atoms with Gasteiger partial charge in [-0.25, -0.2) is 87.8 Å². The molecular formula is C34H12BF20NOS. The molecule has 0 aliphatic rings. The first-order valence-corrected chi connectivity index (χ1v) is 16.1. The lowest BCUT2D eigenvalue weighted by molar-refractivity contribution is -0.875. The van der Waals surface area contributed by atoms with Crippen LogP contribution in [0.4, 0.5) is 87.8 Å². The quantitative estimate of drug-likeness (QED) is 0.0547.